The Morgan fingerprint density at radius 2 is 1.75 bits per heavy atom. The SMILES string of the molecule is O=C1NC2(CCN(C(=O)c3ccncc3)CC2)Nc2ccccc21. The van der Waals surface area contributed by atoms with Crippen molar-refractivity contribution in [1.82, 2.24) is 15.2 Å². The van der Waals surface area contributed by atoms with Crippen LogP contribution < -0.4 is 10.6 Å². The third-order valence-corrected chi connectivity index (χ3v) is 4.73. The van der Waals surface area contributed by atoms with Crippen LogP contribution in [0.2, 0.25) is 0 Å². The van der Waals surface area contributed by atoms with E-state index in [9.17, 15) is 9.59 Å². The molecule has 122 valence electrons. The van der Waals surface area contributed by atoms with E-state index in [2.05, 4.69) is 15.6 Å². The molecule has 0 atom stereocenters. The van der Waals surface area contributed by atoms with E-state index in [0.29, 0.717) is 37.1 Å². The minimum atomic E-state index is -0.472. The smallest absolute Gasteiger partial charge is 0.255 e. The van der Waals surface area contributed by atoms with Gasteiger partial charge in [0.1, 0.15) is 5.66 Å². The van der Waals surface area contributed by atoms with Gasteiger partial charge in [-0.1, -0.05) is 12.1 Å². The van der Waals surface area contributed by atoms with Crippen molar-refractivity contribution in [2.75, 3.05) is 18.4 Å². The summed E-state index contributed by atoms with van der Waals surface area (Å²) in [6, 6.07) is 11.0. The molecule has 2 aromatic rings. The molecular weight excluding hydrogens is 304 g/mol. The number of nitrogens with zero attached hydrogens (tertiary/aromatic N) is 2. The van der Waals surface area contributed by atoms with Crippen LogP contribution in [0.3, 0.4) is 0 Å². The Morgan fingerprint density at radius 3 is 2.50 bits per heavy atom. The lowest BCUT2D eigenvalue weighted by Gasteiger charge is -2.45. The Hall–Kier alpha value is -2.89. The number of fused-ring (bicyclic) bond motifs is 1. The fraction of sp³-hybridized carbons (Fsp3) is 0.278. The molecule has 24 heavy (non-hydrogen) atoms. The van der Waals surface area contributed by atoms with Crippen LogP contribution in [-0.4, -0.2) is 40.5 Å². The standard InChI is InChI=1S/C18H18N4O2/c23-16-14-3-1-2-4-15(14)20-18(21-16)7-11-22(12-8-18)17(24)13-5-9-19-10-6-13/h1-6,9-10,20H,7-8,11-12H2,(H,21,23). The van der Waals surface area contributed by atoms with Crippen LogP contribution in [0.25, 0.3) is 0 Å². The second-order valence-corrected chi connectivity index (χ2v) is 6.23. The first-order chi connectivity index (χ1) is 11.7. The number of hydrogen-bond donors (Lipinski definition) is 2. The van der Waals surface area contributed by atoms with Gasteiger partial charge in [0, 0.05) is 49.6 Å². The van der Waals surface area contributed by atoms with E-state index in [1.54, 1.807) is 24.5 Å². The molecule has 0 saturated carbocycles. The van der Waals surface area contributed by atoms with Crippen molar-refractivity contribution in [3.63, 3.8) is 0 Å². The maximum Gasteiger partial charge on any atom is 0.255 e. The maximum atomic E-state index is 12.5. The van der Waals surface area contributed by atoms with Gasteiger partial charge >= 0.3 is 0 Å². The number of aromatic nitrogens is 1. The summed E-state index contributed by atoms with van der Waals surface area (Å²) in [6.45, 7) is 1.19. The monoisotopic (exact) mass is 322 g/mol. The largest absolute Gasteiger partial charge is 0.362 e. The molecule has 1 aromatic carbocycles. The van der Waals surface area contributed by atoms with Crippen molar-refractivity contribution in [2.45, 2.75) is 18.5 Å². The van der Waals surface area contributed by atoms with Gasteiger partial charge in [-0.25, -0.2) is 0 Å². The van der Waals surface area contributed by atoms with Gasteiger partial charge in [0.2, 0.25) is 0 Å². The lowest BCUT2D eigenvalue weighted by atomic mass is 9.92. The molecule has 0 bridgehead atoms. The third-order valence-electron chi connectivity index (χ3n) is 4.73. The minimum absolute atomic E-state index is 0.00906. The number of para-hydroxylation sites is 1. The normalized spacial score (nSPS) is 18.5. The summed E-state index contributed by atoms with van der Waals surface area (Å²) in [7, 11) is 0. The Balaban J connectivity index is 1.49. The molecule has 2 N–H and O–H groups in total. The summed E-state index contributed by atoms with van der Waals surface area (Å²) < 4.78 is 0. The minimum Gasteiger partial charge on any atom is -0.362 e. The van der Waals surface area contributed by atoms with Crippen molar-refractivity contribution in [2.24, 2.45) is 0 Å². The summed E-state index contributed by atoms with van der Waals surface area (Å²) >= 11 is 0. The molecule has 3 heterocycles. The molecule has 1 fully saturated rings. The van der Waals surface area contributed by atoms with Crippen molar-refractivity contribution in [3.8, 4) is 0 Å². The lowest BCUT2D eigenvalue weighted by molar-refractivity contribution is 0.0639. The number of hydrogen-bond acceptors (Lipinski definition) is 4. The van der Waals surface area contributed by atoms with Gasteiger partial charge in [-0.05, 0) is 24.3 Å². The van der Waals surface area contributed by atoms with Gasteiger partial charge in [0.05, 0.1) is 5.56 Å². The number of amides is 2. The molecule has 4 rings (SSSR count). The Bertz CT molecular complexity index is 783. The average molecular weight is 322 g/mol. The number of likely N-dealkylation sites (tertiary alicyclic amines) is 1. The van der Waals surface area contributed by atoms with E-state index in [4.69, 9.17) is 0 Å². The highest BCUT2D eigenvalue weighted by Crippen LogP contribution is 2.31. The van der Waals surface area contributed by atoms with Gasteiger partial charge in [-0.2, -0.15) is 0 Å². The van der Waals surface area contributed by atoms with Crippen LogP contribution in [0.15, 0.2) is 48.8 Å². The van der Waals surface area contributed by atoms with E-state index in [1.165, 1.54) is 0 Å². The number of nitrogens with one attached hydrogen (secondary N) is 2. The summed E-state index contributed by atoms with van der Waals surface area (Å²) in [5.41, 5.74) is 1.70. The van der Waals surface area contributed by atoms with Crippen molar-refractivity contribution >= 4 is 17.5 Å². The molecular formula is C18H18N4O2. The highest BCUT2D eigenvalue weighted by Gasteiger charge is 2.40. The second-order valence-electron chi connectivity index (χ2n) is 6.23. The molecule has 6 heteroatoms. The summed E-state index contributed by atoms with van der Waals surface area (Å²) in [4.78, 5) is 30.7. The topological polar surface area (TPSA) is 74.3 Å². The fourth-order valence-electron chi connectivity index (χ4n) is 3.38. The van der Waals surface area contributed by atoms with Gasteiger partial charge in [0.15, 0.2) is 0 Å². The molecule has 0 aliphatic carbocycles. The molecule has 1 saturated heterocycles. The molecule has 1 aromatic heterocycles. The van der Waals surface area contributed by atoms with Gasteiger partial charge in [-0.15, -0.1) is 0 Å². The van der Waals surface area contributed by atoms with Gasteiger partial charge < -0.3 is 15.5 Å². The quantitative estimate of drug-likeness (QED) is 0.840. The average Bonchev–Trinajstić information content (AvgIpc) is 2.62. The van der Waals surface area contributed by atoms with Crippen molar-refractivity contribution in [1.29, 1.82) is 0 Å². The van der Waals surface area contributed by atoms with Crippen LogP contribution in [0.1, 0.15) is 33.6 Å². The highest BCUT2D eigenvalue weighted by atomic mass is 16.2. The molecule has 2 amide bonds. The predicted octanol–water partition coefficient (Wildman–Crippen LogP) is 1.87. The zero-order valence-electron chi connectivity index (χ0n) is 13.2. The van der Waals surface area contributed by atoms with E-state index in [1.807, 2.05) is 29.2 Å². The highest BCUT2D eigenvalue weighted by molar-refractivity contribution is 6.02. The lowest BCUT2D eigenvalue weighted by Crippen LogP contribution is -2.62. The van der Waals surface area contributed by atoms with E-state index < -0.39 is 5.66 Å². The number of piperidine rings is 1. The van der Waals surface area contributed by atoms with E-state index in [-0.39, 0.29) is 11.8 Å². The molecule has 6 nitrogen and oxygen atoms in total. The molecule has 2 aliphatic heterocycles. The number of rotatable bonds is 1. The van der Waals surface area contributed by atoms with Crippen LogP contribution in [-0.2, 0) is 0 Å². The first-order valence-electron chi connectivity index (χ1n) is 8.06. The number of carbonyl (C=O) groups excluding carboxylic acids is 2. The number of pyridine rings is 1. The predicted molar refractivity (Wildman–Crippen MR) is 89.6 cm³/mol. The summed E-state index contributed by atoms with van der Waals surface area (Å²) in [5.74, 6) is -0.0481. The summed E-state index contributed by atoms with van der Waals surface area (Å²) in [5, 5.41) is 6.55. The van der Waals surface area contributed by atoms with Crippen LogP contribution in [0.4, 0.5) is 5.69 Å². The third kappa shape index (κ3) is 2.50. The number of anilines is 1. The fourth-order valence-corrected chi connectivity index (χ4v) is 3.38. The second kappa shape index (κ2) is 5.63. The van der Waals surface area contributed by atoms with Crippen molar-refractivity contribution < 1.29 is 9.59 Å². The van der Waals surface area contributed by atoms with Gasteiger partial charge in [0.25, 0.3) is 11.8 Å². The molecule has 2 aliphatic rings. The Morgan fingerprint density at radius 1 is 1.04 bits per heavy atom. The van der Waals surface area contributed by atoms with Crippen LogP contribution >= 0.6 is 0 Å². The van der Waals surface area contributed by atoms with Crippen LogP contribution in [0, 0.1) is 0 Å². The zero-order chi connectivity index (χ0) is 16.6. The number of carbonyl (C=O) groups is 2. The van der Waals surface area contributed by atoms with Crippen molar-refractivity contribution in [3.05, 3.63) is 59.9 Å². The maximum absolute atomic E-state index is 12.5. The molecule has 0 unspecified atom stereocenters. The summed E-state index contributed by atoms with van der Waals surface area (Å²) in [6.07, 6.45) is 4.59. The Kier molecular flexibility index (Phi) is 3.45. The van der Waals surface area contributed by atoms with E-state index in [0.717, 1.165) is 5.69 Å². The van der Waals surface area contributed by atoms with Gasteiger partial charge in [-0.3, -0.25) is 14.6 Å². The Labute approximate surface area is 139 Å². The first-order valence-corrected chi connectivity index (χ1v) is 8.06. The molecule has 0 radical (unpaired) electrons. The first kappa shape index (κ1) is 14.7. The zero-order valence-corrected chi connectivity index (χ0v) is 13.2. The molecule has 1 spiro atoms. The van der Waals surface area contributed by atoms with E-state index >= 15 is 0 Å². The number of benzene rings is 1. The van der Waals surface area contributed by atoms with Crippen LogP contribution in [0.5, 0.6) is 0 Å².